The van der Waals surface area contributed by atoms with Gasteiger partial charge in [0, 0.05) is 0 Å². The minimum Gasteiger partial charge on any atom is -0.228 e. The van der Waals surface area contributed by atoms with Gasteiger partial charge in [0.1, 0.15) is 5.25 Å². The van der Waals surface area contributed by atoms with Gasteiger partial charge in [-0.05, 0) is 18.9 Å². The number of aromatic nitrogens is 2. The fourth-order valence-corrected chi connectivity index (χ4v) is 3.75. The Kier molecular flexibility index (Phi) is 2.87. The largest absolute Gasteiger partial charge is 0.228 e. The standard InChI is InChI=1S/C8H8Cl2N2O2S/c9-5-4-6(11-12-8(5)10)7-2-1-3-15(7,13)14/h4,7H,1-3H2. The van der Waals surface area contributed by atoms with Crippen molar-refractivity contribution < 1.29 is 8.42 Å². The fourth-order valence-electron chi connectivity index (χ4n) is 1.65. The van der Waals surface area contributed by atoms with Crippen LogP contribution >= 0.6 is 23.2 Å². The summed E-state index contributed by atoms with van der Waals surface area (Å²) in [6, 6.07) is 1.48. The Bertz CT molecular complexity index is 489. The molecule has 4 nitrogen and oxygen atoms in total. The highest BCUT2D eigenvalue weighted by Gasteiger charge is 2.34. The number of hydrogen-bond acceptors (Lipinski definition) is 4. The lowest BCUT2D eigenvalue weighted by Crippen LogP contribution is -2.10. The van der Waals surface area contributed by atoms with Crippen molar-refractivity contribution in [1.82, 2.24) is 10.2 Å². The van der Waals surface area contributed by atoms with Gasteiger partial charge in [-0.25, -0.2) is 8.42 Å². The highest BCUT2D eigenvalue weighted by molar-refractivity contribution is 7.91. The van der Waals surface area contributed by atoms with Crippen LogP contribution in [0.25, 0.3) is 0 Å². The minimum atomic E-state index is -3.07. The second kappa shape index (κ2) is 3.88. The fraction of sp³-hybridized carbons (Fsp3) is 0.500. The molecule has 1 aromatic rings. The average Bonchev–Trinajstić information content (AvgIpc) is 2.50. The molecule has 0 amide bonds. The molecule has 2 rings (SSSR count). The van der Waals surface area contributed by atoms with Gasteiger partial charge in [-0.2, -0.15) is 5.10 Å². The van der Waals surface area contributed by atoms with E-state index in [2.05, 4.69) is 10.2 Å². The molecule has 1 saturated heterocycles. The van der Waals surface area contributed by atoms with Gasteiger partial charge < -0.3 is 0 Å². The molecule has 15 heavy (non-hydrogen) atoms. The second-order valence-corrected chi connectivity index (χ2v) is 6.47. The van der Waals surface area contributed by atoms with Crippen LogP contribution in [0, 0.1) is 0 Å². The van der Waals surface area contributed by atoms with Gasteiger partial charge in [-0.15, -0.1) is 5.10 Å². The Morgan fingerprint density at radius 3 is 2.60 bits per heavy atom. The van der Waals surface area contributed by atoms with Crippen molar-refractivity contribution in [3.8, 4) is 0 Å². The first kappa shape index (κ1) is 11.1. The molecule has 0 radical (unpaired) electrons. The van der Waals surface area contributed by atoms with E-state index in [4.69, 9.17) is 23.2 Å². The quantitative estimate of drug-likeness (QED) is 0.781. The number of halogens is 2. The summed E-state index contributed by atoms with van der Waals surface area (Å²) in [6.07, 6.45) is 1.24. The van der Waals surface area contributed by atoms with Crippen molar-refractivity contribution in [1.29, 1.82) is 0 Å². The summed E-state index contributed by atoms with van der Waals surface area (Å²) in [5.74, 6) is 0.208. The lowest BCUT2D eigenvalue weighted by molar-refractivity contribution is 0.590. The Labute approximate surface area is 97.5 Å². The van der Waals surface area contributed by atoms with E-state index in [1.54, 1.807) is 0 Å². The Hall–Kier alpha value is -0.390. The molecule has 1 aliphatic rings. The van der Waals surface area contributed by atoms with Crippen molar-refractivity contribution in [2.45, 2.75) is 18.1 Å². The van der Waals surface area contributed by atoms with Crippen molar-refractivity contribution in [2.24, 2.45) is 0 Å². The molecule has 0 aliphatic carbocycles. The number of sulfone groups is 1. The van der Waals surface area contributed by atoms with Gasteiger partial charge in [0.2, 0.25) is 0 Å². The SMILES string of the molecule is O=S1(=O)CCCC1c1cc(Cl)c(Cl)nn1. The van der Waals surface area contributed by atoms with E-state index in [1.165, 1.54) is 6.07 Å². The zero-order chi connectivity index (χ0) is 11.1. The van der Waals surface area contributed by atoms with E-state index < -0.39 is 15.1 Å². The highest BCUT2D eigenvalue weighted by Crippen LogP contribution is 2.34. The van der Waals surface area contributed by atoms with Crippen molar-refractivity contribution in [2.75, 3.05) is 5.75 Å². The van der Waals surface area contributed by atoms with Crippen LogP contribution in [0.5, 0.6) is 0 Å². The van der Waals surface area contributed by atoms with E-state index in [-0.39, 0.29) is 15.9 Å². The first-order chi connectivity index (χ1) is 7.00. The van der Waals surface area contributed by atoms with E-state index in [9.17, 15) is 8.42 Å². The van der Waals surface area contributed by atoms with Gasteiger partial charge >= 0.3 is 0 Å². The van der Waals surface area contributed by atoms with Crippen molar-refractivity contribution >= 4 is 33.0 Å². The molecule has 1 fully saturated rings. The molecule has 7 heteroatoms. The molecule has 1 aliphatic heterocycles. The first-order valence-corrected chi connectivity index (χ1v) is 6.88. The number of rotatable bonds is 1. The zero-order valence-corrected chi connectivity index (χ0v) is 9.98. The Morgan fingerprint density at radius 1 is 1.33 bits per heavy atom. The van der Waals surface area contributed by atoms with Crippen LogP contribution in [-0.2, 0) is 9.84 Å². The Balaban J connectivity index is 2.42. The molecule has 0 saturated carbocycles. The molecule has 0 bridgehead atoms. The molecular weight excluding hydrogens is 259 g/mol. The predicted molar refractivity (Wildman–Crippen MR) is 57.8 cm³/mol. The molecule has 1 atom stereocenters. The first-order valence-electron chi connectivity index (χ1n) is 4.41. The molecule has 1 aromatic heterocycles. The lowest BCUT2D eigenvalue weighted by atomic mass is 10.2. The summed E-state index contributed by atoms with van der Waals surface area (Å²) in [5.41, 5.74) is 0.391. The van der Waals surface area contributed by atoms with Gasteiger partial charge in [0.15, 0.2) is 15.0 Å². The molecule has 1 unspecified atom stereocenters. The predicted octanol–water partition coefficient (Wildman–Crippen LogP) is 2.03. The summed E-state index contributed by atoms with van der Waals surface area (Å²) in [4.78, 5) is 0. The molecular formula is C8H8Cl2N2O2S. The average molecular weight is 267 g/mol. The maximum Gasteiger partial charge on any atom is 0.170 e. The molecule has 2 heterocycles. The van der Waals surface area contributed by atoms with Gasteiger partial charge in [-0.3, -0.25) is 0 Å². The molecule has 0 N–H and O–H groups in total. The molecule has 82 valence electrons. The topological polar surface area (TPSA) is 59.9 Å². The van der Waals surface area contributed by atoms with E-state index in [1.807, 2.05) is 0 Å². The summed E-state index contributed by atoms with van der Waals surface area (Å²) >= 11 is 11.4. The van der Waals surface area contributed by atoms with Crippen molar-refractivity contribution in [3.63, 3.8) is 0 Å². The van der Waals surface area contributed by atoms with Gasteiger partial charge in [-0.1, -0.05) is 23.2 Å². The summed E-state index contributed by atoms with van der Waals surface area (Å²) in [7, 11) is -3.07. The normalized spacial score (nSPS) is 24.3. The van der Waals surface area contributed by atoms with Gasteiger partial charge in [0.05, 0.1) is 16.5 Å². The van der Waals surface area contributed by atoms with E-state index >= 15 is 0 Å². The van der Waals surface area contributed by atoms with Crippen LogP contribution in [0.2, 0.25) is 10.2 Å². The Morgan fingerprint density at radius 2 is 2.07 bits per heavy atom. The lowest BCUT2D eigenvalue weighted by Gasteiger charge is -2.07. The summed E-state index contributed by atoms with van der Waals surface area (Å²) in [6.45, 7) is 0. The molecule has 0 spiro atoms. The maximum atomic E-state index is 11.6. The van der Waals surface area contributed by atoms with Crippen LogP contribution in [0.3, 0.4) is 0 Å². The summed E-state index contributed by atoms with van der Waals surface area (Å²) in [5, 5.41) is 7.14. The third kappa shape index (κ3) is 2.09. The number of hydrogen-bond donors (Lipinski definition) is 0. The minimum absolute atomic E-state index is 0.0933. The number of nitrogens with zero attached hydrogens (tertiary/aromatic N) is 2. The van der Waals surface area contributed by atoms with Crippen LogP contribution in [0.1, 0.15) is 23.8 Å². The second-order valence-electron chi connectivity index (χ2n) is 3.41. The zero-order valence-electron chi connectivity index (χ0n) is 7.65. The third-order valence-electron chi connectivity index (χ3n) is 2.38. The van der Waals surface area contributed by atoms with Crippen LogP contribution < -0.4 is 0 Å². The highest BCUT2D eigenvalue weighted by atomic mass is 35.5. The van der Waals surface area contributed by atoms with Gasteiger partial charge in [0.25, 0.3) is 0 Å². The van der Waals surface area contributed by atoms with E-state index in [0.29, 0.717) is 18.5 Å². The maximum absolute atomic E-state index is 11.6. The molecule has 0 aromatic carbocycles. The smallest absolute Gasteiger partial charge is 0.170 e. The van der Waals surface area contributed by atoms with Crippen LogP contribution in [0.15, 0.2) is 6.07 Å². The van der Waals surface area contributed by atoms with Crippen molar-refractivity contribution in [3.05, 3.63) is 21.9 Å². The van der Waals surface area contributed by atoms with Crippen LogP contribution in [-0.4, -0.2) is 24.4 Å². The summed E-state index contributed by atoms with van der Waals surface area (Å²) < 4.78 is 23.2. The van der Waals surface area contributed by atoms with E-state index in [0.717, 1.165) is 0 Å². The third-order valence-corrected chi connectivity index (χ3v) is 5.25. The monoisotopic (exact) mass is 266 g/mol. The van der Waals surface area contributed by atoms with Crippen LogP contribution in [0.4, 0.5) is 0 Å².